The molecule has 0 unspecified atom stereocenters. The summed E-state index contributed by atoms with van der Waals surface area (Å²) >= 11 is 0. The van der Waals surface area contributed by atoms with Crippen molar-refractivity contribution < 1.29 is 4.79 Å². The number of likely N-dealkylation sites (tertiary alicyclic amines) is 2. The highest BCUT2D eigenvalue weighted by Gasteiger charge is 2.47. The number of carbonyl (C=O) groups is 1. The molecule has 3 aromatic heterocycles. The van der Waals surface area contributed by atoms with Gasteiger partial charge in [-0.15, -0.1) is 0 Å². The summed E-state index contributed by atoms with van der Waals surface area (Å²) < 4.78 is 0. The summed E-state index contributed by atoms with van der Waals surface area (Å²) in [5.74, 6) is 1.70. The summed E-state index contributed by atoms with van der Waals surface area (Å²) in [4.78, 5) is 35.9. The fourth-order valence-electron chi connectivity index (χ4n) is 6.23. The maximum Gasteiger partial charge on any atom is 0.320 e. The predicted molar refractivity (Wildman–Crippen MR) is 137 cm³/mol. The average Bonchev–Trinajstić information content (AvgIpc) is 3.72. The van der Waals surface area contributed by atoms with Crippen LogP contribution in [0, 0.1) is 0 Å². The van der Waals surface area contributed by atoms with E-state index in [2.05, 4.69) is 54.3 Å². The van der Waals surface area contributed by atoms with Gasteiger partial charge in [-0.3, -0.25) is 5.10 Å². The number of aromatic nitrogens is 5. The maximum atomic E-state index is 12.9. The number of urea groups is 1. The van der Waals surface area contributed by atoms with Crippen LogP contribution in [0.15, 0.2) is 24.5 Å². The Bertz CT molecular complexity index is 1270. The molecule has 0 aliphatic carbocycles. The van der Waals surface area contributed by atoms with Gasteiger partial charge in [-0.1, -0.05) is 0 Å². The standard InChI is InChI=1S/C25H32N10O/c1-16-13-33(9-6-26-16)21-5-4-17(11-27-21)22-23-20(30-31-22)12-28-24(29-23)34-14-19-10-18(34)15-35(19)25(36)32-7-2-3-8-32/h4-5,11-12,16,18-19,26H,2-3,6-10,13-15H2,1H3,(H,30,31)/t16-,18+,19+/m1/s1. The summed E-state index contributed by atoms with van der Waals surface area (Å²) in [6, 6.07) is 5.30. The van der Waals surface area contributed by atoms with E-state index in [0.717, 1.165) is 93.2 Å². The molecule has 0 saturated carbocycles. The van der Waals surface area contributed by atoms with Crippen LogP contribution < -0.4 is 15.1 Å². The molecule has 7 rings (SSSR count). The first kappa shape index (κ1) is 21.8. The predicted octanol–water partition coefficient (Wildman–Crippen LogP) is 1.69. The number of nitrogens with zero attached hydrogens (tertiary/aromatic N) is 8. The Morgan fingerprint density at radius 3 is 2.67 bits per heavy atom. The molecule has 3 aromatic rings. The zero-order valence-electron chi connectivity index (χ0n) is 20.6. The Morgan fingerprint density at radius 1 is 1.03 bits per heavy atom. The monoisotopic (exact) mass is 488 g/mol. The molecule has 4 aliphatic rings. The number of piperazine rings is 2. The van der Waals surface area contributed by atoms with E-state index in [1.165, 1.54) is 0 Å². The lowest BCUT2D eigenvalue weighted by Gasteiger charge is -2.36. The van der Waals surface area contributed by atoms with Gasteiger partial charge < -0.3 is 24.9 Å². The highest BCUT2D eigenvalue weighted by Crippen LogP contribution is 2.35. The molecule has 0 aromatic carbocycles. The van der Waals surface area contributed by atoms with Crippen molar-refractivity contribution in [3.63, 3.8) is 0 Å². The fourth-order valence-corrected chi connectivity index (χ4v) is 6.23. The number of carbonyl (C=O) groups excluding carboxylic acids is 1. The molecule has 4 aliphatic heterocycles. The zero-order chi connectivity index (χ0) is 24.2. The molecule has 0 spiro atoms. The molecule has 4 fully saturated rings. The summed E-state index contributed by atoms with van der Waals surface area (Å²) in [5, 5.41) is 11.1. The molecule has 36 heavy (non-hydrogen) atoms. The van der Waals surface area contributed by atoms with E-state index < -0.39 is 0 Å². The van der Waals surface area contributed by atoms with Crippen LogP contribution >= 0.6 is 0 Å². The van der Waals surface area contributed by atoms with Gasteiger partial charge in [0.1, 0.15) is 22.5 Å². The molecular weight excluding hydrogens is 456 g/mol. The highest BCUT2D eigenvalue weighted by atomic mass is 16.2. The molecule has 11 heteroatoms. The van der Waals surface area contributed by atoms with Crippen molar-refractivity contribution in [3.05, 3.63) is 24.5 Å². The number of aromatic amines is 1. The largest absolute Gasteiger partial charge is 0.354 e. The van der Waals surface area contributed by atoms with Crippen molar-refractivity contribution >= 4 is 28.8 Å². The lowest BCUT2D eigenvalue weighted by molar-refractivity contribution is 0.154. The zero-order valence-corrected chi connectivity index (χ0v) is 20.6. The molecular formula is C25H32N10O. The number of fused-ring (bicyclic) bond motifs is 3. The SMILES string of the molecule is C[C@@H]1CN(c2ccc(-c3n[nH]c4cnc(N5C[C@@H]6C[C@H]5CN6C(=O)N5CCCC5)nc34)cn2)CCN1. The van der Waals surface area contributed by atoms with E-state index in [-0.39, 0.29) is 18.1 Å². The van der Waals surface area contributed by atoms with E-state index in [1.807, 2.05) is 17.3 Å². The quantitative estimate of drug-likeness (QED) is 0.573. The van der Waals surface area contributed by atoms with Crippen molar-refractivity contribution in [1.29, 1.82) is 0 Å². The van der Waals surface area contributed by atoms with Crippen molar-refractivity contribution in [2.24, 2.45) is 0 Å². The minimum absolute atomic E-state index is 0.208. The third kappa shape index (κ3) is 3.64. The Balaban J connectivity index is 1.10. The summed E-state index contributed by atoms with van der Waals surface area (Å²) in [6.45, 7) is 8.38. The Morgan fingerprint density at radius 2 is 1.92 bits per heavy atom. The van der Waals surface area contributed by atoms with Gasteiger partial charge in [-0.2, -0.15) is 5.10 Å². The molecule has 11 nitrogen and oxygen atoms in total. The van der Waals surface area contributed by atoms with Crippen LogP contribution in [0.4, 0.5) is 16.6 Å². The number of hydrogen-bond donors (Lipinski definition) is 2. The highest BCUT2D eigenvalue weighted by molar-refractivity contribution is 5.89. The summed E-state index contributed by atoms with van der Waals surface area (Å²) in [5.41, 5.74) is 3.34. The van der Waals surface area contributed by atoms with E-state index in [9.17, 15) is 4.79 Å². The summed E-state index contributed by atoms with van der Waals surface area (Å²) in [6.07, 6.45) is 6.92. The topological polar surface area (TPSA) is 109 Å². The van der Waals surface area contributed by atoms with Gasteiger partial charge in [0.15, 0.2) is 0 Å². The van der Waals surface area contributed by atoms with Crippen LogP contribution in [0.5, 0.6) is 0 Å². The molecule has 2 N–H and O–H groups in total. The molecule has 2 bridgehead atoms. The smallest absolute Gasteiger partial charge is 0.320 e. The first-order valence-electron chi connectivity index (χ1n) is 13.1. The molecule has 3 atom stereocenters. The van der Waals surface area contributed by atoms with E-state index in [4.69, 9.17) is 9.97 Å². The summed E-state index contributed by atoms with van der Waals surface area (Å²) in [7, 11) is 0. The van der Waals surface area contributed by atoms with Gasteiger partial charge in [-0.25, -0.2) is 19.7 Å². The molecule has 7 heterocycles. The third-order valence-corrected chi connectivity index (χ3v) is 8.12. The first-order valence-corrected chi connectivity index (χ1v) is 13.1. The normalized spacial score (nSPS) is 26.0. The Hall–Kier alpha value is -3.47. The lowest BCUT2D eigenvalue weighted by Crippen LogP contribution is -2.52. The number of hydrogen-bond acceptors (Lipinski definition) is 8. The van der Waals surface area contributed by atoms with Crippen LogP contribution in [0.3, 0.4) is 0 Å². The maximum absolute atomic E-state index is 12.9. The number of pyridine rings is 1. The fraction of sp³-hybridized carbons (Fsp3) is 0.560. The van der Waals surface area contributed by atoms with Gasteiger partial charge >= 0.3 is 6.03 Å². The second kappa shape index (κ2) is 8.58. The van der Waals surface area contributed by atoms with Crippen LogP contribution in [-0.2, 0) is 0 Å². The van der Waals surface area contributed by atoms with Crippen molar-refractivity contribution in [2.45, 2.75) is 44.3 Å². The third-order valence-electron chi connectivity index (χ3n) is 8.12. The van der Waals surface area contributed by atoms with E-state index >= 15 is 0 Å². The lowest BCUT2D eigenvalue weighted by atomic mass is 10.1. The number of nitrogens with one attached hydrogen (secondary N) is 2. The Labute approximate surface area is 209 Å². The average molecular weight is 489 g/mol. The van der Waals surface area contributed by atoms with Gasteiger partial charge in [-0.05, 0) is 38.3 Å². The van der Waals surface area contributed by atoms with Crippen LogP contribution in [0.2, 0.25) is 0 Å². The molecule has 2 amide bonds. The number of rotatable bonds is 3. The second-order valence-corrected chi connectivity index (χ2v) is 10.5. The van der Waals surface area contributed by atoms with Crippen LogP contribution in [0.25, 0.3) is 22.3 Å². The van der Waals surface area contributed by atoms with Crippen molar-refractivity contribution in [3.8, 4) is 11.3 Å². The minimum atomic E-state index is 0.208. The van der Waals surface area contributed by atoms with Crippen LogP contribution in [-0.4, -0.2) is 105 Å². The Kier molecular flexibility index (Phi) is 5.19. The molecule has 4 saturated heterocycles. The van der Waals surface area contributed by atoms with Crippen molar-refractivity contribution in [2.75, 3.05) is 55.6 Å². The number of amides is 2. The van der Waals surface area contributed by atoms with Crippen LogP contribution in [0.1, 0.15) is 26.2 Å². The van der Waals surface area contributed by atoms with E-state index in [1.54, 1.807) is 0 Å². The molecule has 188 valence electrons. The van der Waals surface area contributed by atoms with Gasteiger partial charge in [0.2, 0.25) is 5.95 Å². The van der Waals surface area contributed by atoms with Gasteiger partial charge in [0.05, 0.1) is 18.3 Å². The minimum Gasteiger partial charge on any atom is -0.354 e. The van der Waals surface area contributed by atoms with Gasteiger partial charge in [0.25, 0.3) is 0 Å². The molecule has 0 radical (unpaired) electrons. The van der Waals surface area contributed by atoms with Crippen molar-refractivity contribution in [1.82, 2.24) is 40.3 Å². The number of H-pyrrole nitrogens is 1. The van der Waals surface area contributed by atoms with E-state index in [0.29, 0.717) is 12.0 Å². The first-order chi connectivity index (χ1) is 17.6. The number of anilines is 2. The van der Waals surface area contributed by atoms with Gasteiger partial charge in [0, 0.05) is 63.6 Å². The second-order valence-electron chi connectivity index (χ2n) is 10.5.